The predicted octanol–water partition coefficient (Wildman–Crippen LogP) is 3.71. The summed E-state index contributed by atoms with van der Waals surface area (Å²) in [5, 5.41) is 6.08. The number of halogens is 1. The van der Waals surface area contributed by atoms with Crippen LogP contribution in [0.4, 0.5) is 5.69 Å². The molecule has 0 aliphatic heterocycles. The standard InChI is InChI=1S/C18H22N2O2.ClH/c1-13-9-10-17(22-3)16(11-13)14(2)20-18(21)12-19-15-7-5-4-6-8-15;/h4-11,14,19H,12H2,1-3H3,(H,20,21);1H. The second kappa shape index (κ2) is 9.06. The van der Waals surface area contributed by atoms with Crippen molar-refractivity contribution in [3.63, 3.8) is 0 Å². The average Bonchev–Trinajstić information content (AvgIpc) is 2.54. The Morgan fingerprint density at radius 1 is 1.17 bits per heavy atom. The Morgan fingerprint density at radius 2 is 1.87 bits per heavy atom. The van der Waals surface area contributed by atoms with Gasteiger partial charge in [0, 0.05) is 11.3 Å². The third kappa shape index (κ3) is 5.49. The number of nitrogens with one attached hydrogen (secondary N) is 2. The van der Waals surface area contributed by atoms with Crippen molar-refractivity contribution in [2.24, 2.45) is 0 Å². The molecule has 2 N–H and O–H groups in total. The van der Waals surface area contributed by atoms with Crippen molar-refractivity contribution in [1.29, 1.82) is 0 Å². The Balaban J connectivity index is 0.00000264. The summed E-state index contributed by atoms with van der Waals surface area (Å²) in [4.78, 5) is 12.1. The summed E-state index contributed by atoms with van der Waals surface area (Å²) in [6.07, 6.45) is 0. The van der Waals surface area contributed by atoms with Gasteiger partial charge in [0.2, 0.25) is 5.91 Å². The van der Waals surface area contributed by atoms with Gasteiger partial charge < -0.3 is 15.4 Å². The smallest absolute Gasteiger partial charge is 0.239 e. The fraction of sp³-hybridized carbons (Fsp3) is 0.278. The molecule has 4 nitrogen and oxygen atoms in total. The highest BCUT2D eigenvalue weighted by molar-refractivity contribution is 5.85. The summed E-state index contributed by atoms with van der Waals surface area (Å²) in [6.45, 7) is 4.22. The predicted molar refractivity (Wildman–Crippen MR) is 96.5 cm³/mol. The molecule has 0 aromatic heterocycles. The van der Waals surface area contributed by atoms with Crippen LogP contribution in [0.2, 0.25) is 0 Å². The minimum Gasteiger partial charge on any atom is -0.496 e. The fourth-order valence-electron chi connectivity index (χ4n) is 2.30. The minimum atomic E-state index is -0.111. The number of para-hydroxylation sites is 1. The zero-order valence-corrected chi connectivity index (χ0v) is 14.4. The summed E-state index contributed by atoms with van der Waals surface area (Å²) < 4.78 is 5.37. The molecule has 0 saturated heterocycles. The molecular formula is C18H23ClN2O2. The number of aryl methyl sites for hydroxylation is 1. The highest BCUT2D eigenvalue weighted by atomic mass is 35.5. The van der Waals surface area contributed by atoms with Crippen molar-refractivity contribution in [3.8, 4) is 5.75 Å². The van der Waals surface area contributed by atoms with E-state index < -0.39 is 0 Å². The van der Waals surface area contributed by atoms with Gasteiger partial charge in [0.1, 0.15) is 5.75 Å². The molecule has 2 aromatic carbocycles. The van der Waals surface area contributed by atoms with Gasteiger partial charge >= 0.3 is 0 Å². The number of carbonyl (C=O) groups is 1. The Kier molecular flexibility index (Phi) is 7.42. The fourth-order valence-corrected chi connectivity index (χ4v) is 2.30. The third-order valence-electron chi connectivity index (χ3n) is 3.46. The van der Waals surface area contributed by atoms with Gasteiger partial charge in [-0.2, -0.15) is 0 Å². The van der Waals surface area contributed by atoms with Crippen LogP contribution < -0.4 is 15.4 Å². The van der Waals surface area contributed by atoms with Crippen LogP contribution in [0.1, 0.15) is 24.1 Å². The number of hydrogen-bond acceptors (Lipinski definition) is 3. The van der Waals surface area contributed by atoms with Gasteiger partial charge in [0.25, 0.3) is 0 Å². The normalized spacial score (nSPS) is 11.1. The Labute approximate surface area is 143 Å². The van der Waals surface area contributed by atoms with E-state index in [2.05, 4.69) is 10.6 Å². The first-order valence-corrected chi connectivity index (χ1v) is 7.33. The van der Waals surface area contributed by atoms with E-state index in [4.69, 9.17) is 4.74 Å². The summed E-state index contributed by atoms with van der Waals surface area (Å²) >= 11 is 0. The number of benzene rings is 2. The second-order valence-corrected chi connectivity index (χ2v) is 5.25. The summed E-state index contributed by atoms with van der Waals surface area (Å²) in [7, 11) is 1.64. The molecule has 0 fully saturated rings. The lowest BCUT2D eigenvalue weighted by atomic mass is 10.0. The lowest BCUT2D eigenvalue weighted by Gasteiger charge is -2.18. The number of hydrogen-bond donors (Lipinski definition) is 2. The van der Waals surface area contributed by atoms with Crippen molar-refractivity contribution in [1.82, 2.24) is 5.32 Å². The molecule has 0 radical (unpaired) electrons. The Hall–Kier alpha value is -2.20. The van der Waals surface area contributed by atoms with Crippen LogP contribution in [0, 0.1) is 6.92 Å². The van der Waals surface area contributed by atoms with E-state index in [0.29, 0.717) is 0 Å². The van der Waals surface area contributed by atoms with Gasteiger partial charge in [0.15, 0.2) is 0 Å². The summed E-state index contributed by atoms with van der Waals surface area (Å²) in [6, 6.07) is 15.5. The first-order chi connectivity index (χ1) is 10.6. The van der Waals surface area contributed by atoms with E-state index in [1.165, 1.54) is 0 Å². The van der Waals surface area contributed by atoms with Gasteiger partial charge in [0.05, 0.1) is 19.7 Å². The number of ether oxygens (including phenoxy) is 1. The van der Waals surface area contributed by atoms with Crippen molar-refractivity contribution >= 4 is 24.0 Å². The molecule has 1 amide bonds. The van der Waals surface area contributed by atoms with Crippen LogP contribution in [-0.4, -0.2) is 19.6 Å². The van der Waals surface area contributed by atoms with Gasteiger partial charge in [-0.3, -0.25) is 4.79 Å². The zero-order chi connectivity index (χ0) is 15.9. The van der Waals surface area contributed by atoms with Crippen molar-refractivity contribution in [3.05, 3.63) is 59.7 Å². The molecule has 0 aliphatic carbocycles. The largest absolute Gasteiger partial charge is 0.496 e. The molecule has 124 valence electrons. The van der Waals surface area contributed by atoms with E-state index in [9.17, 15) is 4.79 Å². The van der Waals surface area contributed by atoms with E-state index in [1.54, 1.807) is 7.11 Å². The van der Waals surface area contributed by atoms with Gasteiger partial charge in [-0.15, -0.1) is 12.4 Å². The first-order valence-electron chi connectivity index (χ1n) is 7.33. The van der Waals surface area contributed by atoms with Crippen molar-refractivity contribution in [2.45, 2.75) is 19.9 Å². The maximum absolute atomic E-state index is 12.1. The van der Waals surface area contributed by atoms with E-state index in [-0.39, 0.29) is 30.9 Å². The maximum Gasteiger partial charge on any atom is 0.239 e. The molecule has 0 spiro atoms. The summed E-state index contributed by atoms with van der Waals surface area (Å²) in [5.74, 6) is 0.731. The number of rotatable bonds is 6. The average molecular weight is 335 g/mol. The third-order valence-corrected chi connectivity index (χ3v) is 3.46. The molecule has 5 heteroatoms. The topological polar surface area (TPSA) is 50.4 Å². The molecule has 23 heavy (non-hydrogen) atoms. The SMILES string of the molecule is COc1ccc(C)cc1C(C)NC(=O)CNc1ccccc1.Cl. The number of methoxy groups -OCH3 is 1. The van der Waals surface area contributed by atoms with Crippen LogP contribution in [0.5, 0.6) is 5.75 Å². The quantitative estimate of drug-likeness (QED) is 0.846. The number of anilines is 1. The van der Waals surface area contributed by atoms with Crippen LogP contribution in [0.25, 0.3) is 0 Å². The highest BCUT2D eigenvalue weighted by Gasteiger charge is 2.14. The Morgan fingerprint density at radius 3 is 2.52 bits per heavy atom. The van der Waals surface area contributed by atoms with E-state index in [1.807, 2.05) is 62.4 Å². The molecule has 2 rings (SSSR count). The molecule has 2 aromatic rings. The zero-order valence-electron chi connectivity index (χ0n) is 13.6. The number of carbonyl (C=O) groups excluding carboxylic acids is 1. The van der Waals surface area contributed by atoms with Gasteiger partial charge in [-0.25, -0.2) is 0 Å². The van der Waals surface area contributed by atoms with Crippen molar-refractivity contribution < 1.29 is 9.53 Å². The van der Waals surface area contributed by atoms with E-state index in [0.717, 1.165) is 22.6 Å². The molecule has 0 heterocycles. The molecule has 1 unspecified atom stereocenters. The lowest BCUT2D eigenvalue weighted by molar-refractivity contribution is -0.120. The van der Waals surface area contributed by atoms with E-state index >= 15 is 0 Å². The first kappa shape index (κ1) is 18.8. The number of amides is 1. The monoisotopic (exact) mass is 334 g/mol. The van der Waals surface area contributed by atoms with Crippen molar-refractivity contribution in [2.75, 3.05) is 19.0 Å². The van der Waals surface area contributed by atoms with Gasteiger partial charge in [-0.1, -0.05) is 35.9 Å². The highest BCUT2D eigenvalue weighted by Crippen LogP contribution is 2.25. The van der Waals surface area contributed by atoms with Crippen LogP contribution in [-0.2, 0) is 4.79 Å². The van der Waals surface area contributed by atoms with Crippen LogP contribution >= 0.6 is 12.4 Å². The molecule has 0 bridgehead atoms. The van der Waals surface area contributed by atoms with Crippen LogP contribution in [0.15, 0.2) is 48.5 Å². The molecule has 0 saturated carbocycles. The lowest BCUT2D eigenvalue weighted by Crippen LogP contribution is -2.32. The minimum absolute atomic E-state index is 0. The molecule has 1 atom stereocenters. The summed E-state index contributed by atoms with van der Waals surface area (Å²) in [5.41, 5.74) is 3.05. The molecular weight excluding hydrogens is 312 g/mol. The van der Waals surface area contributed by atoms with Gasteiger partial charge in [-0.05, 0) is 32.0 Å². The maximum atomic E-state index is 12.1. The second-order valence-electron chi connectivity index (χ2n) is 5.25. The molecule has 0 aliphatic rings. The Bertz CT molecular complexity index is 632. The van der Waals surface area contributed by atoms with Crippen LogP contribution in [0.3, 0.4) is 0 Å².